The molecule has 3 rings (SSSR count). The van der Waals surface area contributed by atoms with Gasteiger partial charge in [-0.3, -0.25) is 4.98 Å². The van der Waals surface area contributed by atoms with Gasteiger partial charge in [0, 0.05) is 34.6 Å². The van der Waals surface area contributed by atoms with Crippen molar-refractivity contribution in [3.8, 4) is 0 Å². The molecule has 2 aromatic rings. The Hall–Kier alpha value is -2.34. The van der Waals surface area contributed by atoms with E-state index in [0.29, 0.717) is 40.1 Å². The lowest BCUT2D eigenvalue weighted by molar-refractivity contribution is 0.0220. The van der Waals surface area contributed by atoms with Crippen molar-refractivity contribution in [2.45, 2.75) is 39.3 Å². The van der Waals surface area contributed by atoms with Gasteiger partial charge >= 0.3 is 12.1 Å². The van der Waals surface area contributed by atoms with Crippen molar-refractivity contribution >= 4 is 34.6 Å². The third-order valence-corrected chi connectivity index (χ3v) is 4.20. The number of fused-ring (bicyclic) bond motifs is 2. The minimum absolute atomic E-state index is 0.164. The summed E-state index contributed by atoms with van der Waals surface area (Å²) >= 11 is 6.00. The molecule has 1 aliphatic heterocycles. The van der Waals surface area contributed by atoms with Gasteiger partial charge < -0.3 is 14.7 Å². The summed E-state index contributed by atoms with van der Waals surface area (Å²) in [6.07, 6.45) is 0.0165. The molecule has 0 saturated heterocycles. The Morgan fingerprint density at radius 1 is 1.32 bits per heavy atom. The van der Waals surface area contributed by atoms with Gasteiger partial charge in [-0.25, -0.2) is 9.59 Å². The highest BCUT2D eigenvalue weighted by molar-refractivity contribution is 6.31. The minimum atomic E-state index is -1.04. The first-order valence-electron chi connectivity index (χ1n) is 7.98. The molecule has 0 bridgehead atoms. The van der Waals surface area contributed by atoms with Crippen molar-refractivity contribution in [2.75, 3.05) is 6.54 Å². The zero-order chi connectivity index (χ0) is 18.4. The van der Waals surface area contributed by atoms with Crippen LogP contribution in [0.25, 0.3) is 10.9 Å². The molecule has 2 heterocycles. The Bertz CT molecular complexity index is 873. The fourth-order valence-electron chi connectivity index (χ4n) is 2.94. The number of pyridine rings is 1. The van der Waals surface area contributed by atoms with Crippen LogP contribution >= 0.6 is 11.6 Å². The first-order valence-corrected chi connectivity index (χ1v) is 8.36. The average Bonchev–Trinajstić information content (AvgIpc) is 2.49. The lowest BCUT2D eigenvalue weighted by Gasteiger charge is -2.31. The summed E-state index contributed by atoms with van der Waals surface area (Å²) in [4.78, 5) is 30.3. The van der Waals surface area contributed by atoms with Gasteiger partial charge in [0.2, 0.25) is 0 Å². The van der Waals surface area contributed by atoms with Crippen LogP contribution in [0.3, 0.4) is 0 Å². The maximum atomic E-state index is 12.3. The summed E-state index contributed by atoms with van der Waals surface area (Å²) < 4.78 is 5.40. The van der Waals surface area contributed by atoms with Crippen LogP contribution in [-0.4, -0.2) is 39.2 Å². The number of halogens is 1. The molecule has 0 fully saturated rings. The molecule has 1 amide bonds. The number of carbonyl (C=O) groups is 2. The lowest BCUT2D eigenvalue weighted by Crippen LogP contribution is -2.40. The van der Waals surface area contributed by atoms with Crippen LogP contribution in [0.1, 0.15) is 42.4 Å². The molecule has 0 atom stereocenters. The number of ether oxygens (including phenoxy) is 1. The second kappa shape index (κ2) is 6.19. The molecule has 0 saturated carbocycles. The third-order valence-electron chi connectivity index (χ3n) is 3.97. The van der Waals surface area contributed by atoms with Gasteiger partial charge in [0.25, 0.3) is 0 Å². The molecule has 0 spiro atoms. The van der Waals surface area contributed by atoms with Gasteiger partial charge in [0.05, 0.1) is 17.6 Å². The molecule has 1 N–H and O–H groups in total. The summed E-state index contributed by atoms with van der Waals surface area (Å²) in [5.41, 5.74) is 1.36. The zero-order valence-electron chi connectivity index (χ0n) is 14.3. The number of hydrogen-bond acceptors (Lipinski definition) is 4. The monoisotopic (exact) mass is 362 g/mol. The van der Waals surface area contributed by atoms with Gasteiger partial charge in [0.1, 0.15) is 5.60 Å². The number of hydrogen-bond donors (Lipinski definition) is 1. The number of carboxylic acids is 1. The summed E-state index contributed by atoms with van der Waals surface area (Å²) in [5.74, 6) is -1.04. The number of rotatable bonds is 1. The molecular weight excluding hydrogens is 344 g/mol. The number of carboxylic acid groups (broad SMARTS) is 1. The van der Waals surface area contributed by atoms with Crippen LogP contribution in [0.5, 0.6) is 0 Å². The number of nitrogens with zero attached hydrogens (tertiary/aromatic N) is 2. The molecule has 0 radical (unpaired) electrons. The van der Waals surface area contributed by atoms with Crippen LogP contribution in [0.15, 0.2) is 18.2 Å². The van der Waals surface area contributed by atoms with Gasteiger partial charge in [0.15, 0.2) is 0 Å². The highest BCUT2D eigenvalue weighted by Crippen LogP contribution is 2.30. The number of aromatic nitrogens is 1. The molecule has 1 aromatic heterocycles. The smallest absolute Gasteiger partial charge is 0.410 e. The van der Waals surface area contributed by atoms with Crippen molar-refractivity contribution in [3.05, 3.63) is 40.0 Å². The van der Waals surface area contributed by atoms with E-state index in [9.17, 15) is 14.7 Å². The molecular formula is C18H19ClN2O4. The second-order valence-electron chi connectivity index (χ2n) is 7.03. The van der Waals surface area contributed by atoms with Crippen molar-refractivity contribution in [2.24, 2.45) is 0 Å². The zero-order valence-corrected chi connectivity index (χ0v) is 15.1. The molecule has 1 aliphatic rings. The second-order valence-corrected chi connectivity index (χ2v) is 7.47. The van der Waals surface area contributed by atoms with Gasteiger partial charge in [-0.1, -0.05) is 17.7 Å². The number of benzene rings is 1. The molecule has 25 heavy (non-hydrogen) atoms. The standard InChI is InChI=1S/C18H19ClN2O4/c1-18(2,3)25-17(24)21-7-6-13-12(9-21)15(16(22)23)11-5-4-10(19)8-14(11)20-13/h4-5,8H,6-7,9H2,1-3H3,(H,22,23). The molecule has 132 valence electrons. The maximum Gasteiger partial charge on any atom is 0.410 e. The van der Waals surface area contributed by atoms with E-state index in [-0.39, 0.29) is 12.1 Å². The van der Waals surface area contributed by atoms with Crippen LogP contribution in [-0.2, 0) is 17.7 Å². The third kappa shape index (κ3) is 3.54. The van der Waals surface area contributed by atoms with E-state index in [1.54, 1.807) is 39.0 Å². The summed E-state index contributed by atoms with van der Waals surface area (Å²) in [6.45, 7) is 5.98. The van der Waals surface area contributed by atoms with Crippen molar-refractivity contribution in [3.63, 3.8) is 0 Å². The highest BCUT2D eigenvalue weighted by Gasteiger charge is 2.30. The summed E-state index contributed by atoms with van der Waals surface area (Å²) in [7, 11) is 0. The molecule has 6 nitrogen and oxygen atoms in total. The summed E-state index contributed by atoms with van der Waals surface area (Å²) in [6, 6.07) is 4.95. The Kier molecular flexibility index (Phi) is 4.33. The van der Waals surface area contributed by atoms with Gasteiger partial charge in [-0.2, -0.15) is 0 Å². The van der Waals surface area contributed by atoms with Crippen molar-refractivity contribution in [1.82, 2.24) is 9.88 Å². The predicted octanol–water partition coefficient (Wildman–Crippen LogP) is 3.88. The lowest BCUT2D eigenvalue weighted by atomic mass is 9.96. The van der Waals surface area contributed by atoms with Crippen LogP contribution < -0.4 is 0 Å². The van der Waals surface area contributed by atoms with E-state index in [1.807, 2.05) is 0 Å². The fourth-order valence-corrected chi connectivity index (χ4v) is 3.11. The van der Waals surface area contributed by atoms with Gasteiger partial charge in [-0.05, 0) is 32.9 Å². The quantitative estimate of drug-likeness (QED) is 0.832. The van der Waals surface area contributed by atoms with E-state index in [4.69, 9.17) is 16.3 Å². The number of aromatic carboxylic acids is 1. The largest absolute Gasteiger partial charge is 0.478 e. The highest BCUT2D eigenvalue weighted by atomic mass is 35.5. The van der Waals surface area contributed by atoms with Crippen molar-refractivity contribution < 1.29 is 19.4 Å². The predicted molar refractivity (Wildman–Crippen MR) is 94.1 cm³/mol. The summed E-state index contributed by atoms with van der Waals surface area (Å²) in [5, 5.41) is 10.7. The molecule has 7 heteroatoms. The van der Waals surface area contributed by atoms with E-state index < -0.39 is 17.7 Å². The maximum absolute atomic E-state index is 12.3. The van der Waals surface area contributed by atoms with Crippen LogP contribution in [0.4, 0.5) is 4.79 Å². The Balaban J connectivity index is 2.05. The van der Waals surface area contributed by atoms with Crippen molar-refractivity contribution in [1.29, 1.82) is 0 Å². The topological polar surface area (TPSA) is 79.7 Å². The Labute approximate surface area is 150 Å². The normalized spacial score (nSPS) is 14.3. The minimum Gasteiger partial charge on any atom is -0.478 e. The molecule has 1 aromatic carbocycles. The van der Waals surface area contributed by atoms with E-state index in [2.05, 4.69) is 4.98 Å². The van der Waals surface area contributed by atoms with E-state index >= 15 is 0 Å². The first kappa shape index (κ1) is 17.5. The van der Waals surface area contributed by atoms with Crippen LogP contribution in [0.2, 0.25) is 5.02 Å². The van der Waals surface area contributed by atoms with Crippen LogP contribution in [0, 0.1) is 0 Å². The molecule has 0 aliphatic carbocycles. The molecule has 0 unspecified atom stereocenters. The number of carbonyl (C=O) groups excluding carboxylic acids is 1. The Morgan fingerprint density at radius 2 is 2.04 bits per heavy atom. The number of amides is 1. The average molecular weight is 363 g/mol. The van der Waals surface area contributed by atoms with E-state index in [0.717, 1.165) is 0 Å². The van der Waals surface area contributed by atoms with Gasteiger partial charge in [-0.15, -0.1) is 0 Å². The fraction of sp³-hybridized carbons (Fsp3) is 0.389. The van der Waals surface area contributed by atoms with E-state index in [1.165, 1.54) is 4.90 Å². The SMILES string of the molecule is CC(C)(C)OC(=O)N1CCc2nc3cc(Cl)ccc3c(C(=O)O)c2C1. The first-order chi connectivity index (χ1) is 11.7. The Morgan fingerprint density at radius 3 is 2.68 bits per heavy atom.